The lowest BCUT2D eigenvalue weighted by Crippen LogP contribution is -2.59. The zero-order valence-electron chi connectivity index (χ0n) is 35.3. The van der Waals surface area contributed by atoms with E-state index >= 15 is 0 Å². The SMILES string of the molecule is CO[C@H]([C@@H](C)C(=O)NS(=O)(=O)c1ccc(NC(=O)C(F)(F)F)cc1)[C@@H]1CCCN1C(=O)/C(C)=C/[C@H](C(C)C)N(C)C(=O)[C@@H](NC(=O)[C@H](C(C)C)N(C)C)C(C)(C)C. The fourth-order valence-electron chi connectivity index (χ4n) is 7.10. The third kappa shape index (κ3) is 12.7. The van der Waals surface area contributed by atoms with E-state index in [0.717, 1.165) is 24.3 Å². The Hall–Kier alpha value is -4.03. The van der Waals surface area contributed by atoms with Crippen LogP contribution in [0.15, 0.2) is 40.8 Å². The van der Waals surface area contributed by atoms with Crippen LogP contribution in [0.5, 0.6) is 0 Å². The standard InChI is InChI=1S/C39H61F3N6O8S/c1-22(2)29(47(12)36(52)32(38(7,8)9)44-34(50)30(23(3)4)46(10)11)21-24(5)35(51)48-20-14-15-28(48)31(56-13)25(6)33(49)45-57(54,55)27-18-16-26(17-19-27)43-37(53)39(40,41)42/h16-19,21-23,25,28-32H,14-15,20H2,1-13H3,(H,43,53)(H,44,50)(H,45,49)/b24-21+/t25-,28+,29-,30+,31-,32-/m1/s1. The van der Waals surface area contributed by atoms with Crippen LogP contribution >= 0.6 is 0 Å². The predicted molar refractivity (Wildman–Crippen MR) is 210 cm³/mol. The Morgan fingerprint density at radius 3 is 1.95 bits per heavy atom. The minimum atomic E-state index is -5.14. The second-order valence-corrected chi connectivity index (χ2v) is 18.3. The molecule has 5 amide bonds. The number of halogens is 3. The summed E-state index contributed by atoms with van der Waals surface area (Å²) < 4.78 is 71.6. The molecule has 0 aliphatic carbocycles. The number of anilines is 1. The molecule has 0 spiro atoms. The lowest BCUT2D eigenvalue weighted by Gasteiger charge is -2.39. The molecular weight excluding hydrogens is 770 g/mol. The van der Waals surface area contributed by atoms with Crippen LogP contribution in [0.3, 0.4) is 0 Å². The summed E-state index contributed by atoms with van der Waals surface area (Å²) >= 11 is 0. The fraction of sp³-hybridized carbons (Fsp3) is 0.667. The summed E-state index contributed by atoms with van der Waals surface area (Å²) in [5.74, 6) is -5.33. The molecule has 0 saturated carbocycles. The number of amides is 5. The molecule has 1 aromatic rings. The number of hydrogen-bond donors (Lipinski definition) is 3. The Kier molecular flexibility index (Phi) is 16.9. The molecule has 0 aromatic heterocycles. The first-order chi connectivity index (χ1) is 26.1. The molecule has 3 N–H and O–H groups in total. The summed E-state index contributed by atoms with van der Waals surface area (Å²) in [4.78, 5) is 70.7. The maximum atomic E-state index is 14.2. The van der Waals surface area contributed by atoms with E-state index in [0.29, 0.717) is 25.0 Å². The highest BCUT2D eigenvalue weighted by Crippen LogP contribution is 2.30. The highest BCUT2D eigenvalue weighted by molar-refractivity contribution is 7.90. The van der Waals surface area contributed by atoms with Gasteiger partial charge in [0.15, 0.2) is 0 Å². The van der Waals surface area contributed by atoms with Gasteiger partial charge in [-0.2, -0.15) is 13.2 Å². The molecule has 0 unspecified atom stereocenters. The number of ether oxygens (including phenoxy) is 1. The third-order valence-corrected chi connectivity index (χ3v) is 11.5. The lowest BCUT2D eigenvalue weighted by atomic mass is 9.84. The van der Waals surface area contributed by atoms with Gasteiger partial charge in [-0.15, -0.1) is 0 Å². The van der Waals surface area contributed by atoms with E-state index in [2.05, 4.69) is 5.32 Å². The van der Waals surface area contributed by atoms with Gasteiger partial charge in [0, 0.05) is 32.0 Å². The van der Waals surface area contributed by atoms with Gasteiger partial charge in [0.05, 0.1) is 35.0 Å². The molecule has 1 fully saturated rings. The number of likely N-dealkylation sites (tertiary alicyclic amines) is 1. The molecule has 1 aromatic carbocycles. The molecule has 322 valence electrons. The van der Waals surface area contributed by atoms with Gasteiger partial charge in [0.25, 0.3) is 10.0 Å². The Labute approximate surface area is 335 Å². The summed E-state index contributed by atoms with van der Waals surface area (Å²) in [5, 5.41) is 4.61. The van der Waals surface area contributed by atoms with Crippen LogP contribution in [0, 0.1) is 23.2 Å². The van der Waals surface area contributed by atoms with E-state index < -0.39 is 74.5 Å². The van der Waals surface area contributed by atoms with Crippen LogP contribution in [-0.4, -0.2) is 124 Å². The average Bonchev–Trinajstić information content (AvgIpc) is 3.56. The van der Waals surface area contributed by atoms with Gasteiger partial charge in [-0.05, 0) is 75.4 Å². The minimum absolute atomic E-state index is 0.00795. The molecule has 18 heteroatoms. The Morgan fingerprint density at radius 2 is 1.49 bits per heavy atom. The normalized spacial score (nSPS) is 18.2. The smallest absolute Gasteiger partial charge is 0.378 e. The Bertz CT molecular complexity index is 1730. The summed E-state index contributed by atoms with van der Waals surface area (Å²) in [7, 11) is 2.12. The molecule has 1 aliphatic rings. The van der Waals surface area contributed by atoms with Gasteiger partial charge >= 0.3 is 12.1 Å². The van der Waals surface area contributed by atoms with E-state index in [4.69, 9.17) is 4.74 Å². The van der Waals surface area contributed by atoms with Crippen LogP contribution in [-0.2, 0) is 38.7 Å². The van der Waals surface area contributed by atoms with Crippen molar-refractivity contribution in [2.75, 3.05) is 40.1 Å². The first-order valence-electron chi connectivity index (χ1n) is 18.9. The number of benzene rings is 1. The first-order valence-corrected chi connectivity index (χ1v) is 20.4. The molecule has 14 nitrogen and oxygen atoms in total. The Balaban J connectivity index is 2.29. The summed E-state index contributed by atoms with van der Waals surface area (Å²) in [5.41, 5.74) is -0.607. The zero-order valence-corrected chi connectivity index (χ0v) is 36.1. The highest BCUT2D eigenvalue weighted by Gasteiger charge is 2.43. The van der Waals surface area contributed by atoms with Crippen molar-refractivity contribution in [3.8, 4) is 0 Å². The molecular formula is C39H61F3N6O8S. The second-order valence-electron chi connectivity index (χ2n) is 16.6. The molecule has 1 aliphatic heterocycles. The van der Waals surface area contributed by atoms with E-state index in [1.807, 2.05) is 72.2 Å². The number of nitrogens with zero attached hydrogens (tertiary/aromatic N) is 3. The van der Waals surface area contributed by atoms with Crippen LogP contribution < -0.4 is 15.4 Å². The Morgan fingerprint density at radius 1 is 0.930 bits per heavy atom. The summed E-state index contributed by atoms with van der Waals surface area (Å²) in [6.07, 6.45) is -3.32. The van der Waals surface area contributed by atoms with Crippen molar-refractivity contribution in [1.82, 2.24) is 24.7 Å². The number of hydrogen-bond acceptors (Lipinski definition) is 9. The fourth-order valence-corrected chi connectivity index (χ4v) is 8.16. The number of carbonyl (C=O) groups is 5. The quantitative estimate of drug-likeness (QED) is 0.207. The minimum Gasteiger partial charge on any atom is -0.378 e. The number of methoxy groups -OCH3 is 1. The first kappa shape index (κ1) is 49.1. The topological polar surface area (TPSA) is 175 Å². The molecule has 1 heterocycles. The van der Waals surface area contributed by atoms with Crippen molar-refractivity contribution >= 4 is 45.2 Å². The van der Waals surface area contributed by atoms with Crippen molar-refractivity contribution in [1.29, 1.82) is 0 Å². The number of alkyl halides is 3. The van der Waals surface area contributed by atoms with E-state index in [-0.39, 0.29) is 35.2 Å². The van der Waals surface area contributed by atoms with Gasteiger partial charge < -0.3 is 25.2 Å². The number of nitrogens with one attached hydrogen (secondary N) is 3. The van der Waals surface area contributed by atoms with Crippen molar-refractivity contribution in [3.63, 3.8) is 0 Å². The maximum Gasteiger partial charge on any atom is 0.471 e. The van der Waals surface area contributed by atoms with Gasteiger partial charge in [-0.25, -0.2) is 13.1 Å². The maximum absolute atomic E-state index is 14.2. The zero-order chi connectivity index (χ0) is 44.0. The molecule has 0 radical (unpaired) electrons. The van der Waals surface area contributed by atoms with Gasteiger partial charge in [0.1, 0.15) is 6.04 Å². The van der Waals surface area contributed by atoms with E-state index in [9.17, 15) is 45.6 Å². The molecule has 1 saturated heterocycles. The predicted octanol–water partition coefficient (Wildman–Crippen LogP) is 4.18. The number of carbonyl (C=O) groups excluding carboxylic acids is 5. The van der Waals surface area contributed by atoms with Crippen molar-refractivity contribution in [2.45, 2.75) is 116 Å². The van der Waals surface area contributed by atoms with Crippen LogP contribution in [0.1, 0.15) is 75.2 Å². The highest BCUT2D eigenvalue weighted by atomic mass is 32.2. The summed E-state index contributed by atoms with van der Waals surface area (Å²) in [6, 6.07) is 1.30. The van der Waals surface area contributed by atoms with E-state index in [1.165, 1.54) is 14.0 Å². The largest absolute Gasteiger partial charge is 0.471 e. The molecule has 6 atom stereocenters. The van der Waals surface area contributed by atoms with Crippen molar-refractivity contribution in [2.24, 2.45) is 23.2 Å². The lowest BCUT2D eigenvalue weighted by molar-refractivity contribution is -0.167. The van der Waals surface area contributed by atoms with Gasteiger partial charge in [-0.1, -0.05) is 61.5 Å². The molecule has 0 bridgehead atoms. The monoisotopic (exact) mass is 830 g/mol. The van der Waals surface area contributed by atoms with Crippen LogP contribution in [0.4, 0.5) is 18.9 Å². The van der Waals surface area contributed by atoms with Crippen LogP contribution in [0.2, 0.25) is 0 Å². The van der Waals surface area contributed by atoms with Crippen molar-refractivity contribution < 1.29 is 50.3 Å². The van der Waals surface area contributed by atoms with Crippen LogP contribution in [0.25, 0.3) is 0 Å². The number of rotatable bonds is 16. The molecule has 57 heavy (non-hydrogen) atoms. The second kappa shape index (κ2) is 19.6. The molecule has 2 rings (SSSR count). The third-order valence-electron chi connectivity index (χ3n) is 10.1. The van der Waals surface area contributed by atoms with Crippen molar-refractivity contribution in [3.05, 3.63) is 35.9 Å². The van der Waals surface area contributed by atoms with Gasteiger partial charge in [0.2, 0.25) is 23.6 Å². The number of likely N-dealkylation sites (N-methyl/N-ethyl adjacent to an activating group) is 2. The summed E-state index contributed by atoms with van der Waals surface area (Å²) in [6.45, 7) is 16.8. The average molecular weight is 831 g/mol. The number of sulfonamides is 1. The van der Waals surface area contributed by atoms with Gasteiger partial charge in [-0.3, -0.25) is 28.9 Å². The van der Waals surface area contributed by atoms with E-state index in [1.54, 1.807) is 35.2 Å².